The minimum Gasteiger partial charge on any atom is -0.385 e. The fraction of sp³-hybridized carbons (Fsp3) is 0.562. The standard InChI is InChI=1S/C16H23N3O/c20-16(6-3-12-7-9-17-11-12)19-14-4-5-15-13(10-14)2-1-8-18-15/h4-5,10,12,17-18H,1-3,6-9,11H2,(H,19,20). The van der Waals surface area contributed by atoms with Crippen LogP contribution in [-0.2, 0) is 11.2 Å². The maximum absolute atomic E-state index is 12.0. The van der Waals surface area contributed by atoms with Crippen LogP contribution in [-0.4, -0.2) is 25.5 Å². The van der Waals surface area contributed by atoms with E-state index >= 15 is 0 Å². The predicted octanol–water partition coefficient (Wildman–Crippen LogP) is 2.37. The van der Waals surface area contributed by atoms with E-state index in [1.54, 1.807) is 0 Å². The molecule has 4 nitrogen and oxygen atoms in total. The summed E-state index contributed by atoms with van der Waals surface area (Å²) in [4.78, 5) is 12.0. The van der Waals surface area contributed by atoms with Crippen molar-refractivity contribution in [2.24, 2.45) is 5.92 Å². The second kappa shape index (κ2) is 6.27. The maximum Gasteiger partial charge on any atom is 0.224 e. The van der Waals surface area contributed by atoms with Gasteiger partial charge in [-0.1, -0.05) is 0 Å². The van der Waals surface area contributed by atoms with Gasteiger partial charge in [-0.15, -0.1) is 0 Å². The molecule has 0 radical (unpaired) electrons. The highest BCUT2D eigenvalue weighted by molar-refractivity contribution is 5.91. The molecule has 2 heterocycles. The lowest BCUT2D eigenvalue weighted by molar-refractivity contribution is -0.116. The van der Waals surface area contributed by atoms with Crippen LogP contribution < -0.4 is 16.0 Å². The van der Waals surface area contributed by atoms with Gasteiger partial charge in [0.1, 0.15) is 0 Å². The normalized spacial score (nSPS) is 21.1. The van der Waals surface area contributed by atoms with Crippen LogP contribution in [0.2, 0.25) is 0 Å². The second-order valence-corrected chi connectivity index (χ2v) is 5.85. The molecule has 1 fully saturated rings. The number of anilines is 2. The molecule has 3 rings (SSSR count). The van der Waals surface area contributed by atoms with E-state index in [0.29, 0.717) is 12.3 Å². The van der Waals surface area contributed by atoms with Crippen molar-refractivity contribution < 1.29 is 4.79 Å². The van der Waals surface area contributed by atoms with Crippen molar-refractivity contribution >= 4 is 17.3 Å². The number of aryl methyl sites for hydroxylation is 1. The molecule has 0 saturated carbocycles. The van der Waals surface area contributed by atoms with E-state index < -0.39 is 0 Å². The van der Waals surface area contributed by atoms with Gasteiger partial charge in [0, 0.05) is 24.3 Å². The molecule has 20 heavy (non-hydrogen) atoms. The molecular formula is C16H23N3O. The number of hydrogen-bond acceptors (Lipinski definition) is 3. The van der Waals surface area contributed by atoms with E-state index in [4.69, 9.17) is 0 Å². The molecule has 1 amide bonds. The lowest BCUT2D eigenvalue weighted by Crippen LogP contribution is -2.16. The molecule has 1 unspecified atom stereocenters. The van der Waals surface area contributed by atoms with Gasteiger partial charge in [-0.25, -0.2) is 0 Å². The molecular weight excluding hydrogens is 250 g/mol. The number of carbonyl (C=O) groups is 1. The van der Waals surface area contributed by atoms with E-state index in [-0.39, 0.29) is 5.91 Å². The first-order valence-electron chi connectivity index (χ1n) is 7.68. The number of amides is 1. The number of benzene rings is 1. The maximum atomic E-state index is 12.0. The third-order valence-corrected chi connectivity index (χ3v) is 4.27. The third-order valence-electron chi connectivity index (χ3n) is 4.27. The van der Waals surface area contributed by atoms with Gasteiger partial charge in [0.15, 0.2) is 0 Å². The second-order valence-electron chi connectivity index (χ2n) is 5.85. The summed E-state index contributed by atoms with van der Waals surface area (Å²) in [5.41, 5.74) is 3.46. The van der Waals surface area contributed by atoms with Gasteiger partial charge in [0.25, 0.3) is 0 Å². The van der Waals surface area contributed by atoms with E-state index in [9.17, 15) is 4.79 Å². The van der Waals surface area contributed by atoms with Crippen LogP contribution >= 0.6 is 0 Å². The molecule has 3 N–H and O–H groups in total. The number of fused-ring (bicyclic) bond motifs is 1. The summed E-state index contributed by atoms with van der Waals surface area (Å²) in [6, 6.07) is 6.17. The molecule has 1 saturated heterocycles. The largest absolute Gasteiger partial charge is 0.385 e. The minimum atomic E-state index is 0.139. The molecule has 2 aliphatic rings. The topological polar surface area (TPSA) is 53.2 Å². The van der Waals surface area contributed by atoms with Crippen LogP contribution in [0.3, 0.4) is 0 Å². The van der Waals surface area contributed by atoms with Gasteiger partial charge in [-0.05, 0) is 68.5 Å². The highest BCUT2D eigenvalue weighted by Crippen LogP contribution is 2.25. The first-order valence-corrected chi connectivity index (χ1v) is 7.68. The Bertz CT molecular complexity index is 481. The summed E-state index contributed by atoms with van der Waals surface area (Å²) in [5.74, 6) is 0.814. The Labute approximate surface area is 120 Å². The van der Waals surface area contributed by atoms with Crippen molar-refractivity contribution in [1.82, 2.24) is 5.32 Å². The molecule has 1 aromatic carbocycles. The molecule has 0 aromatic heterocycles. The molecule has 0 bridgehead atoms. The zero-order chi connectivity index (χ0) is 13.8. The lowest BCUT2D eigenvalue weighted by atomic mass is 10.0. The van der Waals surface area contributed by atoms with Crippen molar-refractivity contribution in [3.05, 3.63) is 23.8 Å². The van der Waals surface area contributed by atoms with E-state index in [1.807, 2.05) is 6.07 Å². The highest BCUT2D eigenvalue weighted by atomic mass is 16.1. The van der Waals surface area contributed by atoms with E-state index in [1.165, 1.54) is 24.1 Å². The highest BCUT2D eigenvalue weighted by Gasteiger charge is 2.16. The first kappa shape index (κ1) is 13.4. The monoisotopic (exact) mass is 273 g/mol. The fourth-order valence-electron chi connectivity index (χ4n) is 3.07. The van der Waals surface area contributed by atoms with Crippen LogP contribution in [0.25, 0.3) is 0 Å². The molecule has 0 spiro atoms. The summed E-state index contributed by atoms with van der Waals surface area (Å²) < 4.78 is 0. The summed E-state index contributed by atoms with van der Waals surface area (Å²) in [5, 5.41) is 9.76. The van der Waals surface area contributed by atoms with Crippen molar-refractivity contribution in [3.63, 3.8) is 0 Å². The average Bonchev–Trinajstić information content (AvgIpc) is 2.98. The molecule has 1 atom stereocenters. The van der Waals surface area contributed by atoms with Crippen molar-refractivity contribution in [2.45, 2.75) is 32.1 Å². The van der Waals surface area contributed by atoms with Crippen molar-refractivity contribution in [1.29, 1.82) is 0 Å². The number of hydrogen-bond donors (Lipinski definition) is 3. The molecule has 0 aliphatic carbocycles. The van der Waals surface area contributed by atoms with Gasteiger partial charge < -0.3 is 16.0 Å². The van der Waals surface area contributed by atoms with Gasteiger partial charge in [0.05, 0.1) is 0 Å². The Morgan fingerprint density at radius 3 is 3.15 bits per heavy atom. The van der Waals surface area contributed by atoms with Gasteiger partial charge >= 0.3 is 0 Å². The summed E-state index contributed by atoms with van der Waals surface area (Å²) in [6.07, 6.45) is 5.09. The van der Waals surface area contributed by atoms with Gasteiger partial charge in [-0.2, -0.15) is 0 Å². The molecule has 4 heteroatoms. The van der Waals surface area contributed by atoms with Gasteiger partial charge in [-0.3, -0.25) is 4.79 Å². The van der Waals surface area contributed by atoms with Crippen LogP contribution in [0.1, 0.15) is 31.2 Å². The average molecular weight is 273 g/mol. The Kier molecular flexibility index (Phi) is 4.21. The van der Waals surface area contributed by atoms with E-state index in [0.717, 1.165) is 38.2 Å². The SMILES string of the molecule is O=C(CCC1CCNC1)Nc1ccc2c(c1)CCCN2. The lowest BCUT2D eigenvalue weighted by Gasteiger charge is -2.19. The van der Waals surface area contributed by atoms with Crippen molar-refractivity contribution in [2.75, 3.05) is 30.3 Å². The van der Waals surface area contributed by atoms with Crippen LogP contribution in [0.15, 0.2) is 18.2 Å². The third kappa shape index (κ3) is 3.31. The van der Waals surface area contributed by atoms with Gasteiger partial charge in [0.2, 0.25) is 5.91 Å². The smallest absolute Gasteiger partial charge is 0.224 e. The Morgan fingerprint density at radius 2 is 2.30 bits per heavy atom. The van der Waals surface area contributed by atoms with Crippen molar-refractivity contribution in [3.8, 4) is 0 Å². The number of nitrogens with one attached hydrogen (secondary N) is 3. The molecule has 1 aromatic rings. The Balaban J connectivity index is 1.52. The summed E-state index contributed by atoms with van der Waals surface area (Å²) in [7, 11) is 0. The Hall–Kier alpha value is -1.55. The summed E-state index contributed by atoms with van der Waals surface area (Å²) in [6.45, 7) is 3.22. The number of rotatable bonds is 4. The Morgan fingerprint density at radius 1 is 1.35 bits per heavy atom. The minimum absolute atomic E-state index is 0.139. The van der Waals surface area contributed by atoms with Crippen LogP contribution in [0.4, 0.5) is 11.4 Å². The first-order chi connectivity index (χ1) is 9.81. The quantitative estimate of drug-likeness (QED) is 0.789. The van der Waals surface area contributed by atoms with E-state index in [2.05, 4.69) is 28.1 Å². The zero-order valence-electron chi connectivity index (χ0n) is 11.9. The predicted molar refractivity (Wildman–Crippen MR) is 82.1 cm³/mol. The van der Waals surface area contributed by atoms with Crippen LogP contribution in [0.5, 0.6) is 0 Å². The number of carbonyl (C=O) groups excluding carboxylic acids is 1. The zero-order valence-corrected chi connectivity index (χ0v) is 11.9. The van der Waals surface area contributed by atoms with Crippen LogP contribution in [0, 0.1) is 5.92 Å². The molecule has 2 aliphatic heterocycles. The summed E-state index contributed by atoms with van der Waals surface area (Å²) >= 11 is 0. The fourth-order valence-corrected chi connectivity index (χ4v) is 3.07. The molecule has 108 valence electrons.